The summed E-state index contributed by atoms with van der Waals surface area (Å²) >= 11 is 6.48. The second kappa shape index (κ2) is 12.0. The van der Waals surface area contributed by atoms with Gasteiger partial charge < -0.3 is 18.9 Å². The molecule has 0 radical (unpaired) electrons. The average molecular weight is 483 g/mol. The Hall–Kier alpha value is -3.71. The van der Waals surface area contributed by atoms with Crippen molar-refractivity contribution < 1.29 is 23.7 Å². The summed E-state index contributed by atoms with van der Waals surface area (Å²) in [7, 11) is 3.03. The molecule has 0 spiro atoms. The van der Waals surface area contributed by atoms with Crippen LogP contribution in [-0.2, 0) is 6.61 Å². The molecule has 0 aromatic heterocycles. The normalized spacial score (nSPS) is 10.7. The molecule has 3 aromatic rings. The fourth-order valence-electron chi connectivity index (χ4n) is 3.07. The van der Waals surface area contributed by atoms with E-state index in [1.54, 1.807) is 30.3 Å². The molecule has 3 rings (SSSR count). The maximum atomic E-state index is 12.5. The van der Waals surface area contributed by atoms with Gasteiger partial charge in [-0.1, -0.05) is 41.4 Å². The molecule has 1 N–H and O–H groups in total. The van der Waals surface area contributed by atoms with Crippen LogP contribution in [0.15, 0.2) is 59.7 Å². The van der Waals surface area contributed by atoms with Gasteiger partial charge >= 0.3 is 0 Å². The summed E-state index contributed by atoms with van der Waals surface area (Å²) in [4.78, 5) is 12.5. The Balaban J connectivity index is 1.73. The van der Waals surface area contributed by atoms with Gasteiger partial charge in [0.25, 0.3) is 5.91 Å². The zero-order valence-corrected chi connectivity index (χ0v) is 20.3. The molecular weight excluding hydrogens is 456 g/mol. The molecule has 1 amide bonds. The van der Waals surface area contributed by atoms with Crippen molar-refractivity contribution >= 4 is 23.7 Å². The molecule has 0 aliphatic heterocycles. The number of nitrogens with one attached hydrogen (secondary N) is 1. The van der Waals surface area contributed by atoms with E-state index in [1.807, 2.05) is 38.1 Å². The van der Waals surface area contributed by atoms with E-state index in [9.17, 15) is 4.79 Å². The molecule has 0 saturated carbocycles. The van der Waals surface area contributed by atoms with Gasteiger partial charge in [-0.2, -0.15) is 5.10 Å². The number of halogens is 1. The van der Waals surface area contributed by atoms with Crippen LogP contribution in [0, 0.1) is 6.92 Å². The van der Waals surface area contributed by atoms with Gasteiger partial charge in [0, 0.05) is 11.6 Å². The summed E-state index contributed by atoms with van der Waals surface area (Å²) in [6.45, 7) is 4.70. The van der Waals surface area contributed by atoms with Crippen molar-refractivity contribution in [2.45, 2.75) is 20.5 Å². The summed E-state index contributed by atoms with van der Waals surface area (Å²) in [5.74, 6) is 1.54. The van der Waals surface area contributed by atoms with Gasteiger partial charge in [0.15, 0.2) is 11.5 Å². The molecule has 0 heterocycles. The first kappa shape index (κ1) is 24.9. The molecule has 0 atom stereocenters. The SMILES string of the molecule is CCOc1cc(/C=N\NC(=O)c2cc(OC)cc(OC)c2)cc(Cl)c1OCc1ccc(C)cc1. The molecule has 0 fully saturated rings. The topological polar surface area (TPSA) is 78.4 Å². The first-order chi connectivity index (χ1) is 16.4. The number of rotatable bonds is 10. The van der Waals surface area contributed by atoms with E-state index in [-0.39, 0.29) is 0 Å². The molecule has 0 aliphatic carbocycles. The Bertz CT molecular complexity index is 1140. The molecule has 0 aliphatic rings. The van der Waals surface area contributed by atoms with Crippen molar-refractivity contribution in [1.29, 1.82) is 0 Å². The summed E-state index contributed by atoms with van der Waals surface area (Å²) < 4.78 is 22.1. The third kappa shape index (κ3) is 6.65. The lowest BCUT2D eigenvalue weighted by Gasteiger charge is -2.14. The van der Waals surface area contributed by atoms with Crippen molar-refractivity contribution in [2.24, 2.45) is 5.10 Å². The number of carbonyl (C=O) groups is 1. The number of hydrogen-bond donors (Lipinski definition) is 1. The predicted molar refractivity (Wildman–Crippen MR) is 133 cm³/mol. The first-order valence-electron chi connectivity index (χ1n) is 10.6. The number of hydrogen-bond acceptors (Lipinski definition) is 6. The summed E-state index contributed by atoms with van der Waals surface area (Å²) in [5.41, 5.74) is 5.68. The van der Waals surface area contributed by atoms with Gasteiger partial charge in [0.05, 0.1) is 32.1 Å². The van der Waals surface area contributed by atoms with E-state index in [1.165, 1.54) is 26.0 Å². The van der Waals surface area contributed by atoms with Crippen LogP contribution >= 0.6 is 11.6 Å². The van der Waals surface area contributed by atoms with E-state index in [2.05, 4.69) is 10.5 Å². The number of amides is 1. The van der Waals surface area contributed by atoms with E-state index >= 15 is 0 Å². The zero-order chi connectivity index (χ0) is 24.5. The van der Waals surface area contributed by atoms with Gasteiger partial charge in [0.2, 0.25) is 0 Å². The highest BCUT2D eigenvalue weighted by atomic mass is 35.5. The Kier molecular flexibility index (Phi) is 8.76. The van der Waals surface area contributed by atoms with E-state index in [0.717, 1.165) is 5.56 Å². The number of carbonyl (C=O) groups excluding carboxylic acids is 1. The van der Waals surface area contributed by atoms with Crippen LogP contribution in [0.4, 0.5) is 0 Å². The van der Waals surface area contributed by atoms with Gasteiger partial charge in [-0.25, -0.2) is 5.43 Å². The minimum absolute atomic E-state index is 0.348. The van der Waals surface area contributed by atoms with Crippen LogP contribution in [0.25, 0.3) is 0 Å². The highest BCUT2D eigenvalue weighted by Gasteiger charge is 2.13. The van der Waals surface area contributed by atoms with Crippen molar-refractivity contribution in [2.75, 3.05) is 20.8 Å². The molecule has 34 heavy (non-hydrogen) atoms. The predicted octanol–water partition coefficient (Wildman–Crippen LogP) is 5.41. The third-order valence-corrected chi connectivity index (χ3v) is 5.11. The lowest BCUT2D eigenvalue weighted by molar-refractivity contribution is 0.0954. The summed E-state index contributed by atoms with van der Waals surface area (Å²) in [5, 5.41) is 4.42. The third-order valence-electron chi connectivity index (χ3n) is 4.83. The summed E-state index contributed by atoms with van der Waals surface area (Å²) in [6.07, 6.45) is 1.48. The average Bonchev–Trinajstić information content (AvgIpc) is 2.84. The van der Waals surface area contributed by atoms with Crippen LogP contribution in [0.2, 0.25) is 5.02 Å². The number of ether oxygens (including phenoxy) is 4. The van der Waals surface area contributed by atoms with E-state index < -0.39 is 5.91 Å². The first-order valence-corrected chi connectivity index (χ1v) is 11.0. The van der Waals surface area contributed by atoms with Gasteiger partial charge in [0.1, 0.15) is 18.1 Å². The minimum atomic E-state index is -0.414. The second-order valence-electron chi connectivity index (χ2n) is 7.34. The Labute approximate surface area is 204 Å². The molecule has 0 bridgehead atoms. The van der Waals surface area contributed by atoms with Gasteiger partial charge in [-0.3, -0.25) is 4.79 Å². The highest BCUT2D eigenvalue weighted by Crippen LogP contribution is 2.37. The van der Waals surface area contributed by atoms with Crippen molar-refractivity contribution in [3.05, 3.63) is 81.9 Å². The van der Waals surface area contributed by atoms with Crippen LogP contribution in [0.1, 0.15) is 34.0 Å². The molecule has 0 saturated heterocycles. The fraction of sp³-hybridized carbons (Fsp3) is 0.231. The molecular formula is C26H27ClN2O5. The Morgan fingerprint density at radius 2 is 1.68 bits per heavy atom. The highest BCUT2D eigenvalue weighted by molar-refractivity contribution is 6.32. The van der Waals surface area contributed by atoms with Crippen LogP contribution in [0.3, 0.4) is 0 Å². The van der Waals surface area contributed by atoms with Crippen molar-refractivity contribution in [1.82, 2.24) is 5.43 Å². The number of nitrogens with zero attached hydrogens (tertiary/aromatic N) is 1. The minimum Gasteiger partial charge on any atom is -0.497 e. The van der Waals surface area contributed by atoms with Crippen molar-refractivity contribution in [3.63, 3.8) is 0 Å². The molecule has 3 aromatic carbocycles. The standard InChI is InChI=1S/C26H27ClN2O5/c1-5-33-24-11-19(10-23(27)25(24)34-16-18-8-6-17(2)7-9-18)15-28-29-26(30)20-12-21(31-3)14-22(13-20)32-4/h6-15H,5,16H2,1-4H3,(H,29,30)/b28-15-. The zero-order valence-electron chi connectivity index (χ0n) is 19.6. The molecule has 8 heteroatoms. The van der Waals surface area contributed by atoms with Crippen LogP contribution in [0.5, 0.6) is 23.0 Å². The fourth-order valence-corrected chi connectivity index (χ4v) is 3.35. The van der Waals surface area contributed by atoms with Crippen LogP contribution in [-0.4, -0.2) is 32.9 Å². The lowest BCUT2D eigenvalue weighted by Crippen LogP contribution is -2.17. The summed E-state index contributed by atoms with van der Waals surface area (Å²) in [6, 6.07) is 16.4. The number of hydrazone groups is 1. The van der Waals surface area contributed by atoms with E-state index in [4.69, 9.17) is 30.5 Å². The Morgan fingerprint density at radius 1 is 1.00 bits per heavy atom. The molecule has 7 nitrogen and oxygen atoms in total. The second-order valence-corrected chi connectivity index (χ2v) is 7.74. The van der Waals surface area contributed by atoms with Crippen LogP contribution < -0.4 is 24.4 Å². The monoisotopic (exact) mass is 482 g/mol. The van der Waals surface area contributed by atoms with E-state index in [0.29, 0.717) is 52.4 Å². The number of methoxy groups -OCH3 is 2. The number of aryl methyl sites for hydroxylation is 1. The van der Waals surface area contributed by atoms with Crippen molar-refractivity contribution in [3.8, 4) is 23.0 Å². The maximum absolute atomic E-state index is 12.5. The maximum Gasteiger partial charge on any atom is 0.271 e. The van der Waals surface area contributed by atoms with Gasteiger partial charge in [-0.05, 0) is 49.2 Å². The van der Waals surface area contributed by atoms with Gasteiger partial charge in [-0.15, -0.1) is 0 Å². The number of benzene rings is 3. The largest absolute Gasteiger partial charge is 0.497 e. The Morgan fingerprint density at radius 3 is 2.29 bits per heavy atom. The lowest BCUT2D eigenvalue weighted by atomic mass is 10.1. The smallest absolute Gasteiger partial charge is 0.271 e. The molecule has 178 valence electrons. The molecule has 0 unspecified atom stereocenters. The quantitative estimate of drug-likeness (QED) is 0.309.